The number of hydrogen-bond acceptors (Lipinski definition) is 6. The third-order valence-corrected chi connectivity index (χ3v) is 3.08. The summed E-state index contributed by atoms with van der Waals surface area (Å²) in [5, 5.41) is 10.3. The second-order valence-corrected chi connectivity index (χ2v) is 4.86. The Balaban J connectivity index is 1.74. The first-order valence-corrected chi connectivity index (χ1v) is 6.53. The molecular formula is C12H12ClN5O2. The quantitative estimate of drug-likeness (QED) is 0.626. The van der Waals surface area contributed by atoms with Crippen molar-refractivity contribution < 1.29 is 9.53 Å². The lowest BCUT2D eigenvalue weighted by Gasteiger charge is -2.05. The van der Waals surface area contributed by atoms with Crippen LogP contribution in [0.25, 0.3) is 0 Å². The van der Waals surface area contributed by atoms with E-state index in [0.29, 0.717) is 23.9 Å². The van der Waals surface area contributed by atoms with E-state index in [4.69, 9.17) is 11.6 Å². The van der Waals surface area contributed by atoms with Gasteiger partial charge in [0.2, 0.25) is 5.28 Å². The van der Waals surface area contributed by atoms with E-state index in [1.54, 1.807) is 6.07 Å². The van der Waals surface area contributed by atoms with Gasteiger partial charge in [0.1, 0.15) is 18.2 Å². The van der Waals surface area contributed by atoms with E-state index in [9.17, 15) is 4.79 Å². The summed E-state index contributed by atoms with van der Waals surface area (Å²) >= 11 is 5.83. The molecule has 1 fully saturated rings. The lowest BCUT2D eigenvalue weighted by Crippen LogP contribution is -2.00. The number of H-pyrrole nitrogens is 1. The van der Waals surface area contributed by atoms with E-state index in [-0.39, 0.29) is 11.9 Å². The molecule has 1 aliphatic carbocycles. The molecule has 0 saturated heterocycles. The van der Waals surface area contributed by atoms with Gasteiger partial charge in [-0.25, -0.2) is 9.97 Å². The van der Waals surface area contributed by atoms with Gasteiger partial charge in [0.05, 0.1) is 11.4 Å². The van der Waals surface area contributed by atoms with Gasteiger partial charge in [-0.1, -0.05) is 0 Å². The Kier molecular flexibility index (Phi) is 3.51. The molecule has 20 heavy (non-hydrogen) atoms. The van der Waals surface area contributed by atoms with Gasteiger partial charge in [-0.05, 0) is 24.4 Å². The first-order valence-electron chi connectivity index (χ1n) is 6.15. The Bertz CT molecular complexity index is 626. The summed E-state index contributed by atoms with van der Waals surface area (Å²) in [6.07, 6.45) is 2.38. The second-order valence-electron chi connectivity index (χ2n) is 4.53. The Morgan fingerprint density at radius 1 is 1.45 bits per heavy atom. The van der Waals surface area contributed by atoms with Gasteiger partial charge in [-0.3, -0.25) is 9.89 Å². The van der Waals surface area contributed by atoms with Gasteiger partial charge in [-0.15, -0.1) is 0 Å². The van der Waals surface area contributed by atoms with E-state index >= 15 is 0 Å². The third-order valence-electron chi connectivity index (χ3n) is 2.91. The number of anilines is 2. The van der Waals surface area contributed by atoms with Gasteiger partial charge in [0.25, 0.3) is 6.47 Å². The molecule has 2 aromatic rings. The zero-order chi connectivity index (χ0) is 13.9. The van der Waals surface area contributed by atoms with Crippen LogP contribution in [-0.4, -0.2) is 26.6 Å². The zero-order valence-electron chi connectivity index (χ0n) is 10.5. The van der Waals surface area contributed by atoms with Crippen molar-refractivity contribution in [2.24, 2.45) is 0 Å². The Morgan fingerprint density at radius 3 is 3.05 bits per heavy atom. The number of halogens is 1. The van der Waals surface area contributed by atoms with Crippen LogP contribution >= 0.6 is 11.6 Å². The van der Waals surface area contributed by atoms with Crippen molar-refractivity contribution in [1.82, 2.24) is 20.2 Å². The molecule has 0 unspecified atom stereocenters. The van der Waals surface area contributed by atoms with Crippen LogP contribution < -0.4 is 5.32 Å². The van der Waals surface area contributed by atoms with Gasteiger partial charge >= 0.3 is 0 Å². The second kappa shape index (κ2) is 5.46. The maximum absolute atomic E-state index is 10.2. The first kappa shape index (κ1) is 12.9. The highest BCUT2D eigenvalue weighted by Gasteiger charge is 2.26. The van der Waals surface area contributed by atoms with Crippen LogP contribution in [0.15, 0.2) is 12.1 Å². The molecule has 2 N–H and O–H groups in total. The summed E-state index contributed by atoms with van der Waals surface area (Å²) in [6, 6.07) is 3.61. The molecule has 3 rings (SSSR count). The Hall–Kier alpha value is -2.15. The van der Waals surface area contributed by atoms with E-state index in [0.717, 1.165) is 11.5 Å². The lowest BCUT2D eigenvalue weighted by molar-refractivity contribution is -0.129. The fraction of sp³-hybridized carbons (Fsp3) is 0.333. The van der Waals surface area contributed by atoms with Crippen LogP contribution in [0.1, 0.15) is 30.1 Å². The maximum Gasteiger partial charge on any atom is 0.293 e. The lowest BCUT2D eigenvalue weighted by atomic mass is 10.3. The highest BCUT2D eigenvalue weighted by atomic mass is 35.5. The molecule has 104 valence electrons. The molecular weight excluding hydrogens is 282 g/mol. The van der Waals surface area contributed by atoms with Crippen molar-refractivity contribution >= 4 is 29.7 Å². The molecule has 0 aromatic carbocycles. The summed E-state index contributed by atoms with van der Waals surface area (Å²) in [5.41, 5.74) is 1.57. The number of aromatic nitrogens is 4. The van der Waals surface area contributed by atoms with Crippen LogP contribution in [0, 0.1) is 0 Å². The highest BCUT2D eigenvalue weighted by molar-refractivity contribution is 6.28. The molecule has 2 heterocycles. The SMILES string of the molecule is O=COCc1cc(Nc2cc(C3CC3)n[nH]2)nc(Cl)n1. The normalized spacial score (nSPS) is 14.1. The molecule has 0 spiro atoms. The average molecular weight is 294 g/mol. The number of rotatable bonds is 6. The van der Waals surface area contributed by atoms with Crippen LogP contribution in [0.4, 0.5) is 11.6 Å². The monoisotopic (exact) mass is 293 g/mol. The number of hydrogen-bond donors (Lipinski definition) is 2. The van der Waals surface area contributed by atoms with Crippen LogP contribution in [0.5, 0.6) is 0 Å². The third kappa shape index (κ3) is 3.05. The highest BCUT2D eigenvalue weighted by Crippen LogP contribution is 2.39. The van der Waals surface area contributed by atoms with Crippen LogP contribution in [0.3, 0.4) is 0 Å². The summed E-state index contributed by atoms with van der Waals surface area (Å²) in [4.78, 5) is 18.2. The molecule has 8 heteroatoms. The number of nitrogens with zero attached hydrogens (tertiary/aromatic N) is 3. The van der Waals surface area contributed by atoms with Crippen molar-refractivity contribution in [3.63, 3.8) is 0 Å². The smallest absolute Gasteiger partial charge is 0.293 e. The molecule has 0 atom stereocenters. The van der Waals surface area contributed by atoms with Gasteiger partial charge in [0.15, 0.2) is 0 Å². The van der Waals surface area contributed by atoms with E-state index in [1.165, 1.54) is 12.8 Å². The molecule has 1 saturated carbocycles. The molecule has 0 radical (unpaired) electrons. The number of carbonyl (C=O) groups is 1. The Morgan fingerprint density at radius 2 is 2.30 bits per heavy atom. The minimum atomic E-state index is 0.0523. The van der Waals surface area contributed by atoms with Crippen molar-refractivity contribution in [3.8, 4) is 0 Å². The molecule has 0 aliphatic heterocycles. The van der Waals surface area contributed by atoms with E-state index in [1.807, 2.05) is 6.07 Å². The molecule has 0 bridgehead atoms. The predicted octanol–water partition coefficient (Wildman–Crippen LogP) is 2.15. The minimum absolute atomic E-state index is 0.0523. The predicted molar refractivity (Wildman–Crippen MR) is 71.7 cm³/mol. The van der Waals surface area contributed by atoms with Gasteiger partial charge < -0.3 is 10.1 Å². The molecule has 7 nitrogen and oxygen atoms in total. The van der Waals surface area contributed by atoms with Crippen LogP contribution in [-0.2, 0) is 16.1 Å². The largest absolute Gasteiger partial charge is 0.461 e. The van der Waals surface area contributed by atoms with E-state index < -0.39 is 0 Å². The summed E-state index contributed by atoms with van der Waals surface area (Å²) in [6.45, 7) is 0.413. The van der Waals surface area contributed by atoms with Gasteiger partial charge in [-0.2, -0.15) is 5.10 Å². The van der Waals surface area contributed by atoms with Crippen molar-refractivity contribution in [1.29, 1.82) is 0 Å². The van der Waals surface area contributed by atoms with Gasteiger partial charge in [0, 0.05) is 18.1 Å². The summed E-state index contributed by atoms with van der Waals surface area (Å²) in [5.74, 6) is 1.83. The van der Waals surface area contributed by atoms with Crippen molar-refractivity contribution in [3.05, 3.63) is 28.8 Å². The Labute approximate surface area is 119 Å². The van der Waals surface area contributed by atoms with Crippen LogP contribution in [0.2, 0.25) is 5.28 Å². The zero-order valence-corrected chi connectivity index (χ0v) is 11.2. The topological polar surface area (TPSA) is 92.8 Å². The standard InChI is InChI=1S/C12H12ClN5O2/c13-12-14-8(5-20-6-19)3-10(16-12)15-11-4-9(17-18-11)7-1-2-7/h3-4,6-7H,1-2,5H2,(H2,14,15,16,17,18). The summed E-state index contributed by atoms with van der Waals surface area (Å²) < 4.78 is 4.65. The van der Waals surface area contributed by atoms with Crippen molar-refractivity contribution in [2.75, 3.05) is 5.32 Å². The number of nitrogens with one attached hydrogen (secondary N) is 2. The number of aromatic amines is 1. The number of carbonyl (C=O) groups excluding carboxylic acids is 1. The fourth-order valence-corrected chi connectivity index (χ4v) is 2.05. The molecule has 0 amide bonds. The fourth-order valence-electron chi connectivity index (χ4n) is 1.85. The average Bonchev–Trinajstić information content (AvgIpc) is 3.17. The van der Waals surface area contributed by atoms with Crippen molar-refractivity contribution in [2.45, 2.75) is 25.4 Å². The maximum atomic E-state index is 10.2. The summed E-state index contributed by atoms with van der Waals surface area (Å²) in [7, 11) is 0. The first-order chi connectivity index (χ1) is 9.74. The molecule has 2 aromatic heterocycles. The van der Waals surface area contributed by atoms with E-state index in [2.05, 4.69) is 30.2 Å². The number of ether oxygens (including phenoxy) is 1. The minimum Gasteiger partial charge on any atom is -0.461 e. The molecule has 1 aliphatic rings.